The van der Waals surface area contributed by atoms with E-state index in [1.54, 1.807) is 7.11 Å². The molecule has 2 unspecified atom stereocenters. The highest BCUT2D eigenvalue weighted by molar-refractivity contribution is 5.85. The van der Waals surface area contributed by atoms with E-state index in [2.05, 4.69) is 91.5 Å². The summed E-state index contributed by atoms with van der Waals surface area (Å²) in [6.45, 7) is 8.64. The highest BCUT2D eigenvalue weighted by Gasteiger charge is 2.49. The number of hydrogen-bond acceptors (Lipinski definition) is 4. The molecule has 2 aliphatic heterocycles. The summed E-state index contributed by atoms with van der Waals surface area (Å²) in [5, 5.41) is 0. The molecule has 0 aliphatic carbocycles. The molecule has 2 heterocycles. The molecule has 2 aliphatic rings. The maximum atomic E-state index is 6.90. The van der Waals surface area contributed by atoms with Crippen molar-refractivity contribution in [2.45, 2.75) is 57.0 Å². The second kappa shape index (κ2) is 12.2. The normalized spacial score (nSPS) is 20.4. The van der Waals surface area contributed by atoms with E-state index in [-0.39, 0.29) is 29.8 Å². The quantitative estimate of drug-likeness (QED) is 0.292. The third-order valence-electron chi connectivity index (χ3n) is 8.24. The molecule has 0 bridgehead atoms. The standard InChI is InChI=1S/C32H39NO3.ClH/c1-4-32(5-2)31(25-11-7-6-8-12-25)30(28-18-17-27(34-3)23-29(28)36-32)24-13-15-26(16-14-24)35-22-21-33-19-9-10-20-33;/h6-8,11-18,23,30-31H,4-5,9-10,19-22H2,1-3H3;1H. The molecule has 1 fully saturated rings. The number of nitrogens with zero attached hydrogens (tertiary/aromatic N) is 1. The second-order valence-electron chi connectivity index (χ2n) is 10.1. The lowest BCUT2D eigenvalue weighted by Gasteiger charge is -2.49. The van der Waals surface area contributed by atoms with Gasteiger partial charge >= 0.3 is 0 Å². The van der Waals surface area contributed by atoms with Crippen LogP contribution < -0.4 is 14.2 Å². The third kappa shape index (κ3) is 5.61. The molecule has 3 aromatic rings. The average Bonchev–Trinajstić information content (AvgIpc) is 3.46. The number of ether oxygens (including phenoxy) is 3. The number of halogens is 1. The number of fused-ring (bicyclic) bond motifs is 1. The molecule has 0 aromatic heterocycles. The van der Waals surface area contributed by atoms with Crippen LogP contribution in [-0.2, 0) is 0 Å². The minimum Gasteiger partial charge on any atom is -0.497 e. The van der Waals surface area contributed by atoms with Crippen LogP contribution in [0.15, 0.2) is 72.8 Å². The van der Waals surface area contributed by atoms with Crippen LogP contribution in [0.2, 0.25) is 0 Å². The maximum Gasteiger partial charge on any atom is 0.127 e. The van der Waals surface area contributed by atoms with Gasteiger partial charge in [-0.05, 0) is 68.1 Å². The molecule has 5 rings (SSSR count). The Morgan fingerprint density at radius 1 is 0.865 bits per heavy atom. The zero-order valence-electron chi connectivity index (χ0n) is 22.3. The van der Waals surface area contributed by atoms with Crippen LogP contribution in [0.3, 0.4) is 0 Å². The van der Waals surface area contributed by atoms with Crippen LogP contribution in [0.4, 0.5) is 0 Å². The molecule has 0 radical (unpaired) electrons. The van der Waals surface area contributed by atoms with E-state index < -0.39 is 0 Å². The Hall–Kier alpha value is -2.69. The summed E-state index contributed by atoms with van der Waals surface area (Å²) in [6, 6.07) is 26.0. The van der Waals surface area contributed by atoms with Gasteiger partial charge in [0.15, 0.2) is 0 Å². The molecule has 5 heteroatoms. The largest absolute Gasteiger partial charge is 0.497 e. The molecule has 37 heavy (non-hydrogen) atoms. The van der Waals surface area contributed by atoms with E-state index in [0.717, 1.165) is 43.2 Å². The first-order chi connectivity index (χ1) is 17.7. The van der Waals surface area contributed by atoms with Gasteiger partial charge in [0.2, 0.25) is 0 Å². The number of likely N-dealkylation sites (tertiary alicyclic amines) is 1. The lowest BCUT2D eigenvalue weighted by molar-refractivity contribution is 0.00953. The Morgan fingerprint density at radius 3 is 2.19 bits per heavy atom. The molecule has 1 saturated heterocycles. The van der Waals surface area contributed by atoms with Gasteiger partial charge in [0.1, 0.15) is 29.5 Å². The van der Waals surface area contributed by atoms with Gasteiger partial charge in [-0.1, -0.05) is 62.4 Å². The first-order valence-corrected chi connectivity index (χ1v) is 13.5. The Balaban J connectivity index is 0.00000320. The van der Waals surface area contributed by atoms with Crippen LogP contribution in [0.25, 0.3) is 0 Å². The molecule has 3 aromatic carbocycles. The highest BCUT2D eigenvalue weighted by atomic mass is 35.5. The van der Waals surface area contributed by atoms with Crippen molar-refractivity contribution in [1.82, 2.24) is 4.90 Å². The van der Waals surface area contributed by atoms with Crippen molar-refractivity contribution in [3.63, 3.8) is 0 Å². The molecule has 2 atom stereocenters. The summed E-state index contributed by atoms with van der Waals surface area (Å²) >= 11 is 0. The Morgan fingerprint density at radius 2 is 1.54 bits per heavy atom. The van der Waals surface area contributed by atoms with Crippen LogP contribution in [0, 0.1) is 0 Å². The van der Waals surface area contributed by atoms with Crippen LogP contribution in [-0.4, -0.2) is 43.9 Å². The van der Waals surface area contributed by atoms with Gasteiger partial charge in [0.25, 0.3) is 0 Å². The maximum absolute atomic E-state index is 6.90. The lowest BCUT2D eigenvalue weighted by Crippen LogP contribution is -2.47. The van der Waals surface area contributed by atoms with Crippen molar-refractivity contribution >= 4 is 12.4 Å². The van der Waals surface area contributed by atoms with Gasteiger partial charge < -0.3 is 14.2 Å². The fourth-order valence-electron chi connectivity index (χ4n) is 6.19. The predicted octanol–water partition coefficient (Wildman–Crippen LogP) is 7.46. The second-order valence-corrected chi connectivity index (χ2v) is 10.1. The van der Waals surface area contributed by atoms with Crippen molar-refractivity contribution < 1.29 is 14.2 Å². The minimum absolute atomic E-state index is 0. The van der Waals surface area contributed by atoms with Gasteiger partial charge in [-0.25, -0.2) is 0 Å². The fraction of sp³-hybridized carbons (Fsp3) is 0.438. The average molecular weight is 522 g/mol. The van der Waals surface area contributed by atoms with Gasteiger partial charge in [-0.3, -0.25) is 4.90 Å². The summed E-state index contributed by atoms with van der Waals surface area (Å²) in [7, 11) is 1.71. The van der Waals surface area contributed by atoms with Crippen molar-refractivity contribution in [1.29, 1.82) is 0 Å². The van der Waals surface area contributed by atoms with Crippen LogP contribution in [0.1, 0.15) is 68.1 Å². The molecule has 0 N–H and O–H groups in total. The van der Waals surface area contributed by atoms with Gasteiger partial charge in [-0.15, -0.1) is 12.4 Å². The molecule has 4 nitrogen and oxygen atoms in total. The summed E-state index contributed by atoms with van der Waals surface area (Å²) < 4.78 is 18.6. The molecule has 0 saturated carbocycles. The zero-order valence-corrected chi connectivity index (χ0v) is 23.1. The number of benzene rings is 3. The molecule has 0 amide bonds. The Bertz CT molecular complexity index is 1120. The van der Waals surface area contributed by atoms with Gasteiger partial charge in [0.05, 0.1) is 7.11 Å². The Labute approximate surface area is 228 Å². The van der Waals surface area contributed by atoms with Crippen molar-refractivity contribution in [3.05, 3.63) is 89.5 Å². The molecular weight excluding hydrogens is 482 g/mol. The lowest BCUT2D eigenvalue weighted by atomic mass is 9.65. The van der Waals surface area contributed by atoms with E-state index in [0.29, 0.717) is 0 Å². The van der Waals surface area contributed by atoms with Gasteiger partial charge in [0, 0.05) is 30.0 Å². The fourth-order valence-corrected chi connectivity index (χ4v) is 6.19. The summed E-state index contributed by atoms with van der Waals surface area (Å²) in [4.78, 5) is 2.49. The first-order valence-electron chi connectivity index (χ1n) is 13.5. The third-order valence-corrected chi connectivity index (χ3v) is 8.24. The monoisotopic (exact) mass is 521 g/mol. The smallest absolute Gasteiger partial charge is 0.127 e. The summed E-state index contributed by atoms with van der Waals surface area (Å²) in [5.74, 6) is 3.06. The highest BCUT2D eigenvalue weighted by Crippen LogP contribution is 2.55. The Kier molecular flexibility index (Phi) is 9.04. The van der Waals surface area contributed by atoms with E-state index in [9.17, 15) is 0 Å². The molecule has 0 spiro atoms. The van der Waals surface area contributed by atoms with Gasteiger partial charge in [-0.2, -0.15) is 0 Å². The molecular formula is C32H40ClNO3. The van der Waals surface area contributed by atoms with E-state index in [4.69, 9.17) is 14.2 Å². The van der Waals surface area contributed by atoms with Crippen LogP contribution >= 0.6 is 12.4 Å². The summed E-state index contributed by atoms with van der Waals surface area (Å²) in [5.41, 5.74) is 3.51. The number of methoxy groups -OCH3 is 1. The van der Waals surface area contributed by atoms with E-state index >= 15 is 0 Å². The predicted molar refractivity (Wildman–Crippen MR) is 153 cm³/mol. The number of hydrogen-bond donors (Lipinski definition) is 0. The minimum atomic E-state index is -0.309. The topological polar surface area (TPSA) is 30.9 Å². The van der Waals surface area contributed by atoms with Crippen molar-refractivity contribution in [2.24, 2.45) is 0 Å². The molecule has 198 valence electrons. The van der Waals surface area contributed by atoms with Crippen LogP contribution in [0.5, 0.6) is 17.2 Å². The van der Waals surface area contributed by atoms with Crippen molar-refractivity contribution in [3.8, 4) is 17.2 Å². The summed E-state index contributed by atoms with van der Waals surface area (Å²) in [6.07, 6.45) is 4.47. The zero-order chi connectivity index (χ0) is 25.0. The van der Waals surface area contributed by atoms with E-state index in [1.807, 2.05) is 0 Å². The first kappa shape index (κ1) is 27.3. The van der Waals surface area contributed by atoms with Crippen molar-refractivity contribution in [2.75, 3.05) is 33.4 Å². The SMILES string of the molecule is CCC1(CC)Oc2cc(OC)ccc2C(c2ccc(OCCN3CCCC3)cc2)C1c1ccccc1.Cl. The van der Waals surface area contributed by atoms with E-state index in [1.165, 1.54) is 42.6 Å². The number of rotatable bonds is 9.